The average molecular weight is 355 g/mol. The van der Waals surface area contributed by atoms with Crippen molar-refractivity contribution in [1.82, 2.24) is 0 Å². The van der Waals surface area contributed by atoms with Gasteiger partial charge in [0.25, 0.3) is 11.8 Å². The van der Waals surface area contributed by atoms with Crippen molar-refractivity contribution < 1.29 is 9.59 Å². The number of hydrogen-bond donors (Lipinski definition) is 0. The molecule has 0 fully saturated rings. The molecule has 3 rings (SSSR count). The molecule has 2 amide bonds. The van der Waals surface area contributed by atoms with E-state index in [-0.39, 0.29) is 16.5 Å². The Morgan fingerprint density at radius 2 is 1.56 bits per heavy atom. The smallest absolute Gasteiger partial charge is 0.277 e. The van der Waals surface area contributed by atoms with Gasteiger partial charge in [-0.05, 0) is 49.2 Å². The first-order valence-corrected chi connectivity index (χ1v) is 8.32. The molecule has 0 saturated heterocycles. The molecule has 0 N–H and O–H groups in total. The third-order valence-corrected chi connectivity index (χ3v) is 4.65. The van der Waals surface area contributed by atoms with Crippen molar-refractivity contribution in [1.29, 1.82) is 0 Å². The maximum atomic E-state index is 12.9. The van der Waals surface area contributed by atoms with Gasteiger partial charge in [0.2, 0.25) is 0 Å². The van der Waals surface area contributed by atoms with E-state index in [0.29, 0.717) is 11.3 Å². The number of benzene rings is 2. The number of amides is 2. The highest BCUT2D eigenvalue weighted by Gasteiger charge is 2.39. The van der Waals surface area contributed by atoms with Crippen LogP contribution in [-0.4, -0.2) is 25.9 Å². The first-order chi connectivity index (χ1) is 11.8. The Bertz CT molecular complexity index is 898. The van der Waals surface area contributed by atoms with E-state index >= 15 is 0 Å². The molecule has 0 aromatic heterocycles. The molecule has 0 radical (unpaired) electrons. The summed E-state index contributed by atoms with van der Waals surface area (Å²) in [7, 11) is 3.86. The zero-order valence-electron chi connectivity index (χ0n) is 14.6. The van der Waals surface area contributed by atoms with Crippen LogP contribution in [0.25, 0.3) is 5.57 Å². The van der Waals surface area contributed by atoms with Crippen LogP contribution in [0.15, 0.2) is 47.5 Å². The van der Waals surface area contributed by atoms with Gasteiger partial charge < -0.3 is 4.90 Å². The van der Waals surface area contributed by atoms with Crippen molar-refractivity contribution in [3.63, 3.8) is 0 Å². The van der Waals surface area contributed by atoms with Crippen LogP contribution in [0.3, 0.4) is 0 Å². The van der Waals surface area contributed by atoms with Gasteiger partial charge in [0.15, 0.2) is 0 Å². The highest BCUT2D eigenvalue weighted by Crippen LogP contribution is 2.36. The fourth-order valence-electron chi connectivity index (χ4n) is 2.96. The molecule has 0 aliphatic carbocycles. The summed E-state index contributed by atoms with van der Waals surface area (Å²) in [6.45, 7) is 3.89. The van der Waals surface area contributed by atoms with E-state index in [1.807, 2.05) is 63.2 Å². The summed E-state index contributed by atoms with van der Waals surface area (Å²) in [5, 5.41) is -0.0337. The van der Waals surface area contributed by atoms with Gasteiger partial charge in [0.05, 0.1) is 11.3 Å². The minimum Gasteiger partial charge on any atom is -0.378 e. The van der Waals surface area contributed by atoms with Crippen LogP contribution in [0.5, 0.6) is 0 Å². The van der Waals surface area contributed by atoms with Gasteiger partial charge in [-0.3, -0.25) is 9.59 Å². The number of nitrogens with zero attached hydrogens (tertiary/aromatic N) is 2. The Balaban J connectivity index is 2.01. The van der Waals surface area contributed by atoms with E-state index in [1.165, 1.54) is 0 Å². The molecule has 2 aromatic rings. The Labute approximate surface area is 152 Å². The van der Waals surface area contributed by atoms with Gasteiger partial charge >= 0.3 is 0 Å². The van der Waals surface area contributed by atoms with Crippen LogP contribution in [0.2, 0.25) is 0 Å². The summed E-state index contributed by atoms with van der Waals surface area (Å²) >= 11 is 6.26. The molecule has 0 saturated carbocycles. The van der Waals surface area contributed by atoms with Crippen molar-refractivity contribution in [2.75, 3.05) is 23.9 Å². The molecular weight excluding hydrogens is 336 g/mol. The van der Waals surface area contributed by atoms with E-state index in [0.717, 1.165) is 21.7 Å². The number of carbonyl (C=O) groups is 2. The summed E-state index contributed by atoms with van der Waals surface area (Å²) in [6.07, 6.45) is 0. The van der Waals surface area contributed by atoms with Gasteiger partial charge in [-0.25, -0.2) is 4.90 Å². The Morgan fingerprint density at radius 1 is 0.920 bits per heavy atom. The number of rotatable bonds is 3. The summed E-state index contributed by atoms with van der Waals surface area (Å²) in [5.74, 6) is -0.876. The lowest BCUT2D eigenvalue weighted by molar-refractivity contribution is -0.119. The molecule has 1 aliphatic heterocycles. The Morgan fingerprint density at radius 3 is 2.12 bits per heavy atom. The Kier molecular flexibility index (Phi) is 4.39. The second kappa shape index (κ2) is 6.37. The van der Waals surface area contributed by atoms with Crippen molar-refractivity contribution in [2.24, 2.45) is 0 Å². The maximum absolute atomic E-state index is 12.9. The van der Waals surface area contributed by atoms with Gasteiger partial charge in [-0.15, -0.1) is 0 Å². The molecule has 0 bridgehead atoms. The first-order valence-electron chi connectivity index (χ1n) is 7.95. The number of aryl methyl sites for hydroxylation is 2. The molecule has 1 heterocycles. The lowest BCUT2D eigenvalue weighted by atomic mass is 9.99. The molecule has 0 atom stereocenters. The molecule has 5 heteroatoms. The summed E-state index contributed by atoms with van der Waals surface area (Å²) in [6, 6.07) is 12.9. The fraction of sp³-hybridized carbons (Fsp3) is 0.200. The van der Waals surface area contributed by atoms with Crippen molar-refractivity contribution in [3.05, 3.63) is 64.2 Å². The average Bonchev–Trinajstić information content (AvgIpc) is 2.78. The van der Waals surface area contributed by atoms with Crippen molar-refractivity contribution in [2.45, 2.75) is 13.8 Å². The summed E-state index contributed by atoms with van der Waals surface area (Å²) < 4.78 is 0. The SMILES string of the molecule is Cc1ccc(C2=C(Cl)C(=O)N(c3ccc(N(C)C)cc3)C2=O)c(C)c1. The van der Waals surface area contributed by atoms with E-state index in [9.17, 15) is 9.59 Å². The largest absolute Gasteiger partial charge is 0.378 e. The highest BCUT2D eigenvalue weighted by atomic mass is 35.5. The second-order valence-electron chi connectivity index (χ2n) is 6.36. The van der Waals surface area contributed by atoms with Gasteiger partial charge in [0.1, 0.15) is 5.03 Å². The quantitative estimate of drug-likeness (QED) is 0.785. The molecule has 4 nitrogen and oxygen atoms in total. The third-order valence-electron chi connectivity index (χ3n) is 4.30. The second-order valence-corrected chi connectivity index (χ2v) is 6.74. The lowest BCUT2D eigenvalue weighted by Gasteiger charge is -2.17. The third kappa shape index (κ3) is 2.94. The molecule has 1 aliphatic rings. The lowest BCUT2D eigenvalue weighted by Crippen LogP contribution is -2.31. The maximum Gasteiger partial charge on any atom is 0.277 e. The fourth-order valence-corrected chi connectivity index (χ4v) is 3.23. The van der Waals surface area contributed by atoms with E-state index in [4.69, 9.17) is 11.6 Å². The van der Waals surface area contributed by atoms with Gasteiger partial charge in [0, 0.05) is 19.8 Å². The zero-order valence-corrected chi connectivity index (χ0v) is 15.4. The van der Waals surface area contributed by atoms with Crippen LogP contribution < -0.4 is 9.80 Å². The van der Waals surface area contributed by atoms with E-state index in [1.54, 1.807) is 12.1 Å². The molecule has 0 unspecified atom stereocenters. The van der Waals surface area contributed by atoms with Crippen LogP contribution >= 0.6 is 11.6 Å². The van der Waals surface area contributed by atoms with Crippen LogP contribution in [0, 0.1) is 13.8 Å². The van der Waals surface area contributed by atoms with Crippen molar-refractivity contribution >= 4 is 40.4 Å². The number of carbonyl (C=O) groups excluding carboxylic acids is 2. The number of halogens is 1. The Hall–Kier alpha value is -2.59. The molecule has 2 aromatic carbocycles. The van der Waals surface area contributed by atoms with Crippen LogP contribution in [0.1, 0.15) is 16.7 Å². The standard InChI is InChI=1S/C20H19ClN2O2/c1-12-5-10-16(13(2)11-12)17-18(21)20(25)23(19(17)24)15-8-6-14(7-9-15)22(3)4/h5-11H,1-4H3. The monoisotopic (exact) mass is 354 g/mol. The van der Waals surface area contributed by atoms with Crippen LogP contribution in [-0.2, 0) is 9.59 Å². The molecule has 0 spiro atoms. The zero-order chi connectivity index (χ0) is 18.3. The number of imide groups is 1. The molecule has 128 valence electrons. The van der Waals surface area contributed by atoms with E-state index < -0.39 is 5.91 Å². The van der Waals surface area contributed by atoms with Crippen LogP contribution in [0.4, 0.5) is 11.4 Å². The summed E-state index contributed by atoms with van der Waals surface area (Å²) in [4.78, 5) is 28.6. The molecular formula is C20H19ClN2O2. The first kappa shape index (κ1) is 17.2. The summed E-state index contributed by atoms with van der Waals surface area (Å²) in [5.41, 5.74) is 4.46. The highest BCUT2D eigenvalue weighted by molar-refractivity contribution is 6.60. The normalized spacial score (nSPS) is 14.5. The van der Waals surface area contributed by atoms with Gasteiger partial charge in [-0.2, -0.15) is 0 Å². The predicted octanol–water partition coefficient (Wildman–Crippen LogP) is 3.89. The predicted molar refractivity (Wildman–Crippen MR) is 102 cm³/mol. The molecule has 25 heavy (non-hydrogen) atoms. The topological polar surface area (TPSA) is 40.6 Å². The number of anilines is 2. The van der Waals surface area contributed by atoms with Gasteiger partial charge in [-0.1, -0.05) is 35.4 Å². The minimum atomic E-state index is -0.487. The minimum absolute atomic E-state index is 0.0337. The number of hydrogen-bond acceptors (Lipinski definition) is 3. The van der Waals surface area contributed by atoms with Crippen molar-refractivity contribution in [3.8, 4) is 0 Å². The van der Waals surface area contributed by atoms with E-state index in [2.05, 4.69) is 0 Å².